The van der Waals surface area contributed by atoms with E-state index in [1.807, 2.05) is 13.8 Å². The van der Waals surface area contributed by atoms with Crippen LogP contribution in [0.25, 0.3) is 0 Å². The van der Waals surface area contributed by atoms with Crippen molar-refractivity contribution in [2.75, 3.05) is 13.1 Å². The highest BCUT2D eigenvalue weighted by Crippen LogP contribution is 2.13. The number of nitrogens with two attached hydrogens (primary N) is 1. The molecule has 1 saturated heterocycles. The van der Waals surface area contributed by atoms with Crippen LogP contribution in [0.5, 0.6) is 0 Å². The van der Waals surface area contributed by atoms with Crippen LogP contribution in [0, 0.1) is 5.92 Å². The SMILES string of the molecule is CCC1C(=O)NC(=O)CN1C(=O)CC(C)CN. The zero-order chi connectivity index (χ0) is 13.0. The van der Waals surface area contributed by atoms with Crippen molar-refractivity contribution < 1.29 is 14.4 Å². The monoisotopic (exact) mass is 241 g/mol. The van der Waals surface area contributed by atoms with Gasteiger partial charge in [-0.1, -0.05) is 13.8 Å². The fraction of sp³-hybridized carbons (Fsp3) is 0.727. The minimum atomic E-state index is -0.537. The number of hydrogen-bond donors (Lipinski definition) is 2. The number of imide groups is 1. The molecule has 0 saturated carbocycles. The van der Waals surface area contributed by atoms with Gasteiger partial charge in [0.25, 0.3) is 0 Å². The van der Waals surface area contributed by atoms with Crippen LogP contribution in [-0.4, -0.2) is 41.8 Å². The highest BCUT2D eigenvalue weighted by atomic mass is 16.2. The smallest absolute Gasteiger partial charge is 0.249 e. The molecule has 96 valence electrons. The molecule has 6 nitrogen and oxygen atoms in total. The molecule has 0 bridgehead atoms. The Morgan fingerprint density at radius 2 is 2.24 bits per heavy atom. The predicted octanol–water partition coefficient (Wildman–Crippen LogP) is -0.765. The highest BCUT2D eigenvalue weighted by Gasteiger charge is 2.35. The lowest BCUT2D eigenvalue weighted by molar-refractivity contribution is -0.150. The summed E-state index contributed by atoms with van der Waals surface area (Å²) in [5.41, 5.74) is 5.45. The molecule has 2 unspecified atom stereocenters. The van der Waals surface area contributed by atoms with Crippen LogP contribution in [0.1, 0.15) is 26.7 Å². The van der Waals surface area contributed by atoms with Gasteiger partial charge in [-0.15, -0.1) is 0 Å². The summed E-state index contributed by atoms with van der Waals surface area (Å²) in [4.78, 5) is 36.1. The van der Waals surface area contributed by atoms with Gasteiger partial charge in [-0.25, -0.2) is 0 Å². The zero-order valence-electron chi connectivity index (χ0n) is 10.2. The van der Waals surface area contributed by atoms with Gasteiger partial charge in [0, 0.05) is 6.42 Å². The molecule has 3 amide bonds. The van der Waals surface area contributed by atoms with Gasteiger partial charge in [0.1, 0.15) is 12.6 Å². The third-order valence-corrected chi connectivity index (χ3v) is 2.89. The molecular formula is C11H19N3O3. The molecule has 17 heavy (non-hydrogen) atoms. The van der Waals surface area contributed by atoms with Crippen molar-refractivity contribution in [3.05, 3.63) is 0 Å². The van der Waals surface area contributed by atoms with Gasteiger partial charge in [-0.3, -0.25) is 19.7 Å². The summed E-state index contributed by atoms with van der Waals surface area (Å²) in [5, 5.41) is 2.24. The van der Waals surface area contributed by atoms with Gasteiger partial charge in [0.05, 0.1) is 0 Å². The first-order valence-corrected chi connectivity index (χ1v) is 5.82. The molecule has 0 aromatic rings. The molecule has 0 aromatic heterocycles. The summed E-state index contributed by atoms with van der Waals surface area (Å²) in [6.07, 6.45) is 0.773. The number of rotatable bonds is 4. The Hall–Kier alpha value is -1.43. The number of carbonyl (C=O) groups excluding carboxylic acids is 3. The summed E-state index contributed by atoms with van der Waals surface area (Å²) < 4.78 is 0. The Morgan fingerprint density at radius 3 is 2.76 bits per heavy atom. The van der Waals surface area contributed by atoms with E-state index in [9.17, 15) is 14.4 Å². The molecule has 1 fully saturated rings. The third kappa shape index (κ3) is 3.26. The molecule has 0 radical (unpaired) electrons. The molecule has 0 aromatic carbocycles. The summed E-state index contributed by atoms with van der Waals surface area (Å²) in [5.74, 6) is -0.941. The number of nitrogens with one attached hydrogen (secondary N) is 1. The lowest BCUT2D eigenvalue weighted by atomic mass is 10.0. The summed E-state index contributed by atoms with van der Waals surface area (Å²) in [6, 6.07) is -0.537. The van der Waals surface area contributed by atoms with Crippen molar-refractivity contribution in [3.63, 3.8) is 0 Å². The molecule has 0 spiro atoms. The van der Waals surface area contributed by atoms with E-state index in [-0.39, 0.29) is 24.8 Å². The Balaban J connectivity index is 2.74. The number of amides is 3. The Kier molecular flexibility index (Phi) is 4.62. The highest BCUT2D eigenvalue weighted by molar-refractivity contribution is 6.04. The van der Waals surface area contributed by atoms with E-state index in [1.165, 1.54) is 4.90 Å². The second-order valence-corrected chi connectivity index (χ2v) is 4.40. The first-order valence-electron chi connectivity index (χ1n) is 5.82. The number of carbonyl (C=O) groups is 3. The zero-order valence-corrected chi connectivity index (χ0v) is 10.2. The molecule has 1 aliphatic rings. The average Bonchev–Trinajstić information content (AvgIpc) is 2.27. The van der Waals surface area contributed by atoms with Crippen molar-refractivity contribution in [1.29, 1.82) is 0 Å². The number of piperazine rings is 1. The number of hydrogen-bond acceptors (Lipinski definition) is 4. The van der Waals surface area contributed by atoms with Gasteiger partial charge in [0.2, 0.25) is 17.7 Å². The standard InChI is InChI=1S/C11H19N3O3/c1-3-8-11(17)13-9(15)6-14(8)10(16)4-7(2)5-12/h7-8H,3-6,12H2,1-2H3,(H,13,15,17). The summed E-state index contributed by atoms with van der Waals surface area (Å²) in [7, 11) is 0. The van der Waals surface area contributed by atoms with Crippen LogP contribution in [0.15, 0.2) is 0 Å². The van der Waals surface area contributed by atoms with Crippen LogP contribution >= 0.6 is 0 Å². The number of nitrogens with zero attached hydrogens (tertiary/aromatic N) is 1. The normalized spacial score (nSPS) is 22.3. The predicted molar refractivity (Wildman–Crippen MR) is 61.8 cm³/mol. The van der Waals surface area contributed by atoms with E-state index >= 15 is 0 Å². The van der Waals surface area contributed by atoms with Crippen molar-refractivity contribution in [2.45, 2.75) is 32.7 Å². The average molecular weight is 241 g/mol. The molecule has 1 rings (SSSR count). The minimum absolute atomic E-state index is 0.0413. The fourth-order valence-electron chi connectivity index (χ4n) is 1.83. The first-order chi connectivity index (χ1) is 7.99. The Bertz CT molecular complexity index is 330. The Morgan fingerprint density at radius 1 is 1.59 bits per heavy atom. The van der Waals surface area contributed by atoms with Crippen LogP contribution in [0.4, 0.5) is 0 Å². The lowest BCUT2D eigenvalue weighted by Crippen LogP contribution is -2.59. The van der Waals surface area contributed by atoms with Crippen molar-refractivity contribution in [3.8, 4) is 0 Å². The maximum atomic E-state index is 12.0. The Labute approximate surface area is 101 Å². The van der Waals surface area contributed by atoms with E-state index in [1.54, 1.807) is 0 Å². The van der Waals surface area contributed by atoms with Crippen LogP contribution < -0.4 is 11.1 Å². The molecule has 0 aliphatic carbocycles. The fourth-order valence-corrected chi connectivity index (χ4v) is 1.83. The van der Waals surface area contributed by atoms with E-state index in [0.717, 1.165) is 0 Å². The second-order valence-electron chi connectivity index (χ2n) is 4.40. The van der Waals surface area contributed by atoms with E-state index in [4.69, 9.17) is 5.73 Å². The molecule has 3 N–H and O–H groups in total. The first kappa shape index (κ1) is 13.6. The van der Waals surface area contributed by atoms with E-state index < -0.39 is 17.9 Å². The van der Waals surface area contributed by atoms with E-state index in [0.29, 0.717) is 13.0 Å². The topological polar surface area (TPSA) is 92.5 Å². The van der Waals surface area contributed by atoms with Crippen molar-refractivity contribution in [2.24, 2.45) is 11.7 Å². The molecule has 1 heterocycles. The molecular weight excluding hydrogens is 222 g/mol. The quantitative estimate of drug-likeness (QED) is 0.632. The third-order valence-electron chi connectivity index (χ3n) is 2.89. The van der Waals surface area contributed by atoms with Crippen LogP contribution in [0.2, 0.25) is 0 Å². The molecule has 1 aliphatic heterocycles. The minimum Gasteiger partial charge on any atom is -0.330 e. The van der Waals surface area contributed by atoms with Gasteiger partial charge in [-0.2, -0.15) is 0 Å². The van der Waals surface area contributed by atoms with Crippen LogP contribution in [-0.2, 0) is 14.4 Å². The maximum absolute atomic E-state index is 12.0. The van der Waals surface area contributed by atoms with Gasteiger partial charge >= 0.3 is 0 Å². The van der Waals surface area contributed by atoms with Crippen LogP contribution in [0.3, 0.4) is 0 Å². The molecule has 2 atom stereocenters. The second kappa shape index (κ2) is 5.77. The largest absolute Gasteiger partial charge is 0.330 e. The summed E-state index contributed by atoms with van der Waals surface area (Å²) in [6.45, 7) is 4.05. The van der Waals surface area contributed by atoms with Gasteiger partial charge < -0.3 is 10.6 Å². The van der Waals surface area contributed by atoms with Crippen molar-refractivity contribution in [1.82, 2.24) is 10.2 Å². The van der Waals surface area contributed by atoms with E-state index in [2.05, 4.69) is 5.32 Å². The van der Waals surface area contributed by atoms with Gasteiger partial charge in [-0.05, 0) is 18.9 Å². The lowest BCUT2D eigenvalue weighted by Gasteiger charge is -2.34. The van der Waals surface area contributed by atoms with Crippen molar-refractivity contribution >= 4 is 17.7 Å². The molecule has 6 heteroatoms. The maximum Gasteiger partial charge on any atom is 0.249 e. The van der Waals surface area contributed by atoms with Gasteiger partial charge in [0.15, 0.2) is 0 Å². The summed E-state index contributed by atoms with van der Waals surface area (Å²) >= 11 is 0.